The van der Waals surface area contributed by atoms with Crippen LogP contribution >= 0.6 is 0 Å². The van der Waals surface area contributed by atoms with Gasteiger partial charge in [-0.25, -0.2) is 0 Å². The Kier molecular flexibility index (Phi) is 5.50. The Labute approximate surface area is 118 Å². The van der Waals surface area contributed by atoms with Crippen molar-refractivity contribution in [3.8, 4) is 0 Å². The van der Waals surface area contributed by atoms with Gasteiger partial charge in [0.2, 0.25) is 0 Å². The summed E-state index contributed by atoms with van der Waals surface area (Å²) in [5, 5.41) is 0. The van der Waals surface area contributed by atoms with Crippen LogP contribution in [0.5, 0.6) is 0 Å². The molecule has 0 N–H and O–H groups in total. The second kappa shape index (κ2) is 7.37. The molecular formula is C18H27N. The van der Waals surface area contributed by atoms with Crippen LogP contribution in [0, 0.1) is 11.8 Å². The number of rotatable bonds is 3. The molecule has 0 aromatic heterocycles. The van der Waals surface area contributed by atoms with E-state index in [9.17, 15) is 0 Å². The molecule has 2 rings (SSSR count). The summed E-state index contributed by atoms with van der Waals surface area (Å²) in [6.07, 6.45) is 21.1. The molecule has 0 saturated carbocycles. The van der Waals surface area contributed by atoms with E-state index in [-0.39, 0.29) is 0 Å². The summed E-state index contributed by atoms with van der Waals surface area (Å²) in [5.41, 5.74) is 1.43. The molecule has 1 heterocycles. The molecule has 2 atom stereocenters. The monoisotopic (exact) mass is 257 g/mol. The number of nitrogens with zero attached hydrogens (tertiary/aromatic N) is 1. The van der Waals surface area contributed by atoms with Crippen molar-refractivity contribution in [3.05, 3.63) is 48.2 Å². The van der Waals surface area contributed by atoms with E-state index in [0.717, 1.165) is 25.4 Å². The van der Waals surface area contributed by atoms with Gasteiger partial charge in [-0.2, -0.15) is 0 Å². The summed E-state index contributed by atoms with van der Waals surface area (Å²) in [6, 6.07) is 0. The van der Waals surface area contributed by atoms with Crippen molar-refractivity contribution >= 4 is 0 Å². The van der Waals surface area contributed by atoms with Gasteiger partial charge in [-0.05, 0) is 37.2 Å². The largest absolute Gasteiger partial charge is 0.371 e. The first-order valence-corrected chi connectivity index (χ1v) is 7.76. The second-order valence-electron chi connectivity index (χ2n) is 5.80. The number of allylic oxidation sites excluding steroid dienone is 5. The third kappa shape index (κ3) is 4.41. The van der Waals surface area contributed by atoms with Gasteiger partial charge in [-0.1, -0.05) is 56.7 Å². The summed E-state index contributed by atoms with van der Waals surface area (Å²) in [4.78, 5) is 2.54. The average Bonchev–Trinajstić information content (AvgIpc) is 2.52. The molecule has 0 aromatic rings. The lowest BCUT2D eigenvalue weighted by Crippen LogP contribution is -2.28. The highest BCUT2D eigenvalue weighted by molar-refractivity contribution is 5.23. The highest BCUT2D eigenvalue weighted by Gasteiger charge is 2.14. The third-order valence-corrected chi connectivity index (χ3v) is 3.95. The first-order chi connectivity index (χ1) is 9.29. The zero-order chi connectivity index (χ0) is 13.5. The van der Waals surface area contributed by atoms with E-state index in [1.54, 1.807) is 0 Å². The van der Waals surface area contributed by atoms with Gasteiger partial charge in [-0.3, -0.25) is 0 Å². The molecule has 2 aliphatic rings. The highest BCUT2D eigenvalue weighted by Crippen LogP contribution is 2.23. The lowest BCUT2D eigenvalue weighted by Gasteiger charge is -2.29. The molecule has 0 fully saturated rings. The van der Waals surface area contributed by atoms with Gasteiger partial charge >= 0.3 is 0 Å². The van der Waals surface area contributed by atoms with Crippen LogP contribution < -0.4 is 0 Å². The maximum atomic E-state index is 2.54. The van der Waals surface area contributed by atoms with E-state index < -0.39 is 0 Å². The summed E-state index contributed by atoms with van der Waals surface area (Å²) >= 11 is 0. The molecule has 0 saturated heterocycles. The van der Waals surface area contributed by atoms with Crippen molar-refractivity contribution < 1.29 is 0 Å². The molecule has 104 valence electrons. The Morgan fingerprint density at radius 3 is 2.89 bits per heavy atom. The average molecular weight is 257 g/mol. The molecule has 19 heavy (non-hydrogen) atoms. The summed E-state index contributed by atoms with van der Waals surface area (Å²) in [5.74, 6) is 1.38. The molecule has 0 amide bonds. The molecule has 1 heteroatoms. The van der Waals surface area contributed by atoms with Crippen LogP contribution in [0.15, 0.2) is 48.2 Å². The van der Waals surface area contributed by atoms with Crippen molar-refractivity contribution in [1.29, 1.82) is 0 Å². The fourth-order valence-electron chi connectivity index (χ4n) is 2.87. The van der Waals surface area contributed by atoms with Gasteiger partial charge in [-0.15, -0.1) is 0 Å². The van der Waals surface area contributed by atoms with E-state index >= 15 is 0 Å². The van der Waals surface area contributed by atoms with Gasteiger partial charge in [0, 0.05) is 18.8 Å². The quantitative estimate of drug-likeness (QED) is 0.708. The minimum Gasteiger partial charge on any atom is -0.371 e. The summed E-state index contributed by atoms with van der Waals surface area (Å²) in [6.45, 7) is 6.84. The van der Waals surface area contributed by atoms with Crippen LogP contribution in [-0.4, -0.2) is 18.0 Å². The van der Waals surface area contributed by atoms with E-state index in [1.165, 1.54) is 25.0 Å². The normalized spacial score (nSPS) is 31.1. The van der Waals surface area contributed by atoms with Gasteiger partial charge in [0.25, 0.3) is 0 Å². The topological polar surface area (TPSA) is 3.24 Å². The number of hydrogen-bond donors (Lipinski definition) is 0. The highest BCUT2D eigenvalue weighted by atomic mass is 15.1. The zero-order valence-corrected chi connectivity index (χ0v) is 12.4. The van der Waals surface area contributed by atoms with E-state index in [1.807, 2.05) is 0 Å². The van der Waals surface area contributed by atoms with Crippen LogP contribution in [0.25, 0.3) is 0 Å². The first kappa shape index (κ1) is 14.2. The van der Waals surface area contributed by atoms with Crippen molar-refractivity contribution in [3.63, 3.8) is 0 Å². The van der Waals surface area contributed by atoms with Crippen LogP contribution in [0.2, 0.25) is 0 Å². The Balaban J connectivity index is 1.98. The minimum atomic E-state index is 0.616. The Bertz CT molecular complexity index is 386. The molecule has 1 aliphatic carbocycles. The predicted octanol–water partition coefficient (Wildman–Crippen LogP) is 4.70. The SMILES string of the molecule is CCCC1C=CC(N2CC/C=C\C=C/C(C)C2)=CC1. The van der Waals surface area contributed by atoms with Gasteiger partial charge < -0.3 is 4.90 Å². The van der Waals surface area contributed by atoms with Crippen LogP contribution in [-0.2, 0) is 0 Å². The molecule has 1 nitrogen and oxygen atoms in total. The smallest absolute Gasteiger partial charge is 0.0323 e. The molecule has 0 aromatic carbocycles. The van der Waals surface area contributed by atoms with Crippen LogP contribution in [0.3, 0.4) is 0 Å². The fraction of sp³-hybridized carbons (Fsp3) is 0.556. The standard InChI is InChI=1S/C18H27N/c1-3-8-17-10-12-18(13-11-17)19-14-7-5-4-6-9-16(2)15-19/h4-6,9-10,12-13,16-17H,3,7-8,11,14-15H2,1-2H3/b5-4-,9-6-. The third-order valence-electron chi connectivity index (χ3n) is 3.95. The van der Waals surface area contributed by atoms with Gasteiger partial charge in [0.1, 0.15) is 0 Å². The van der Waals surface area contributed by atoms with E-state index in [2.05, 4.69) is 61.3 Å². The molecule has 0 bridgehead atoms. The van der Waals surface area contributed by atoms with Crippen molar-refractivity contribution in [1.82, 2.24) is 4.90 Å². The molecular weight excluding hydrogens is 230 g/mol. The van der Waals surface area contributed by atoms with E-state index in [4.69, 9.17) is 0 Å². The Morgan fingerprint density at radius 2 is 2.16 bits per heavy atom. The van der Waals surface area contributed by atoms with E-state index in [0.29, 0.717) is 5.92 Å². The molecule has 1 aliphatic heterocycles. The molecule has 2 unspecified atom stereocenters. The molecule has 0 spiro atoms. The predicted molar refractivity (Wildman–Crippen MR) is 83.9 cm³/mol. The van der Waals surface area contributed by atoms with Crippen LogP contribution in [0.4, 0.5) is 0 Å². The lowest BCUT2D eigenvalue weighted by molar-refractivity contribution is 0.328. The second-order valence-corrected chi connectivity index (χ2v) is 5.80. The maximum absolute atomic E-state index is 2.54. The molecule has 0 radical (unpaired) electrons. The van der Waals surface area contributed by atoms with Crippen molar-refractivity contribution in [2.45, 2.75) is 39.5 Å². The van der Waals surface area contributed by atoms with Gasteiger partial charge in [0.15, 0.2) is 0 Å². The zero-order valence-electron chi connectivity index (χ0n) is 12.4. The summed E-state index contributed by atoms with van der Waals surface area (Å²) < 4.78 is 0. The lowest BCUT2D eigenvalue weighted by atomic mass is 9.94. The minimum absolute atomic E-state index is 0.616. The fourth-order valence-corrected chi connectivity index (χ4v) is 2.87. The Morgan fingerprint density at radius 1 is 1.26 bits per heavy atom. The number of hydrogen-bond acceptors (Lipinski definition) is 1. The Hall–Kier alpha value is -1.24. The summed E-state index contributed by atoms with van der Waals surface area (Å²) in [7, 11) is 0. The van der Waals surface area contributed by atoms with Crippen molar-refractivity contribution in [2.75, 3.05) is 13.1 Å². The first-order valence-electron chi connectivity index (χ1n) is 7.76. The van der Waals surface area contributed by atoms with Crippen molar-refractivity contribution in [2.24, 2.45) is 11.8 Å². The maximum Gasteiger partial charge on any atom is 0.0323 e. The van der Waals surface area contributed by atoms with Gasteiger partial charge in [0.05, 0.1) is 0 Å². The van der Waals surface area contributed by atoms with Crippen LogP contribution in [0.1, 0.15) is 39.5 Å².